The topological polar surface area (TPSA) is 97.4 Å². The molecule has 0 radical (unpaired) electrons. The van der Waals surface area contributed by atoms with Crippen LogP contribution >= 0.6 is 0 Å². The molecule has 1 amide bonds. The Morgan fingerprint density at radius 3 is 2.23 bits per heavy atom. The Morgan fingerprint density at radius 2 is 1.58 bits per heavy atom. The van der Waals surface area contributed by atoms with Gasteiger partial charge < -0.3 is 19.5 Å². The number of ether oxygens (including phenoxy) is 3. The second-order valence-electron chi connectivity index (χ2n) is 6.99. The summed E-state index contributed by atoms with van der Waals surface area (Å²) in [5.74, 6) is 1.25. The third-order valence-electron chi connectivity index (χ3n) is 4.99. The van der Waals surface area contributed by atoms with Crippen LogP contribution in [0.5, 0.6) is 17.2 Å². The van der Waals surface area contributed by atoms with E-state index in [2.05, 4.69) is 5.32 Å². The lowest BCUT2D eigenvalue weighted by Gasteiger charge is -2.34. The molecule has 31 heavy (non-hydrogen) atoms. The van der Waals surface area contributed by atoms with Crippen molar-refractivity contribution in [3.05, 3.63) is 48.0 Å². The van der Waals surface area contributed by atoms with E-state index in [0.717, 1.165) is 5.56 Å². The van der Waals surface area contributed by atoms with Gasteiger partial charge in [0.15, 0.2) is 0 Å². The third-order valence-corrected chi connectivity index (χ3v) is 6.91. The third kappa shape index (κ3) is 5.46. The van der Waals surface area contributed by atoms with Crippen LogP contribution in [-0.2, 0) is 21.5 Å². The summed E-state index contributed by atoms with van der Waals surface area (Å²) in [7, 11) is 0.811. The zero-order valence-electron chi connectivity index (χ0n) is 17.8. The van der Waals surface area contributed by atoms with E-state index >= 15 is 0 Å². The first-order valence-electron chi connectivity index (χ1n) is 9.77. The van der Waals surface area contributed by atoms with Crippen LogP contribution in [0.1, 0.15) is 12.0 Å². The maximum Gasteiger partial charge on any atom is 0.282 e. The van der Waals surface area contributed by atoms with E-state index in [0.29, 0.717) is 35.9 Å². The van der Waals surface area contributed by atoms with Crippen LogP contribution in [-0.4, -0.2) is 63.9 Å². The Balaban J connectivity index is 1.69. The van der Waals surface area contributed by atoms with Crippen molar-refractivity contribution in [1.29, 1.82) is 0 Å². The van der Waals surface area contributed by atoms with E-state index in [1.54, 1.807) is 37.4 Å². The molecule has 1 heterocycles. The Morgan fingerprint density at radius 1 is 0.935 bits per heavy atom. The van der Waals surface area contributed by atoms with Gasteiger partial charge in [-0.25, -0.2) is 0 Å². The number of carbonyl (C=O) groups is 1. The summed E-state index contributed by atoms with van der Waals surface area (Å²) in [5.41, 5.74) is 1.26. The molecule has 0 aliphatic carbocycles. The summed E-state index contributed by atoms with van der Waals surface area (Å²) in [5, 5.41) is 2.72. The minimum Gasteiger partial charge on any atom is -0.497 e. The van der Waals surface area contributed by atoms with Gasteiger partial charge in [0.25, 0.3) is 10.2 Å². The molecule has 168 valence electrons. The lowest BCUT2D eigenvalue weighted by atomic mass is 10.2. The number of carbonyl (C=O) groups excluding carboxylic acids is 1. The van der Waals surface area contributed by atoms with Crippen molar-refractivity contribution in [1.82, 2.24) is 8.61 Å². The lowest BCUT2D eigenvalue weighted by molar-refractivity contribution is -0.116. The number of amides is 1. The van der Waals surface area contributed by atoms with E-state index in [-0.39, 0.29) is 19.6 Å². The second-order valence-corrected chi connectivity index (χ2v) is 8.92. The predicted octanol–water partition coefficient (Wildman–Crippen LogP) is 2.10. The van der Waals surface area contributed by atoms with Gasteiger partial charge in [-0.1, -0.05) is 12.1 Å². The molecule has 9 nitrogen and oxygen atoms in total. The second kappa shape index (κ2) is 9.99. The van der Waals surface area contributed by atoms with E-state index < -0.39 is 16.1 Å². The first kappa shape index (κ1) is 22.9. The van der Waals surface area contributed by atoms with Gasteiger partial charge in [0, 0.05) is 25.7 Å². The molecule has 0 aromatic heterocycles. The molecule has 3 rings (SSSR count). The van der Waals surface area contributed by atoms with Crippen LogP contribution in [0.4, 0.5) is 5.69 Å². The van der Waals surface area contributed by atoms with Crippen molar-refractivity contribution < 1.29 is 27.4 Å². The Labute approximate surface area is 182 Å². The predicted molar refractivity (Wildman–Crippen MR) is 117 cm³/mol. The summed E-state index contributed by atoms with van der Waals surface area (Å²) in [6.45, 7) is 0.621. The normalized spacial score (nSPS) is 16.5. The van der Waals surface area contributed by atoms with E-state index in [1.165, 1.54) is 22.8 Å². The molecule has 10 heteroatoms. The van der Waals surface area contributed by atoms with Crippen LogP contribution in [0.15, 0.2) is 42.5 Å². The molecular formula is C21H27N3O6S. The molecule has 1 aliphatic rings. The molecule has 1 N–H and O–H groups in total. The van der Waals surface area contributed by atoms with Crippen molar-refractivity contribution in [2.75, 3.05) is 46.3 Å². The Kier molecular flexibility index (Phi) is 7.37. The van der Waals surface area contributed by atoms with Crippen LogP contribution in [0, 0.1) is 0 Å². The number of benzene rings is 2. The SMILES string of the molecule is COc1ccc(CN2CCCN(CC(=O)Nc3cc(OC)ccc3OC)S2(=O)=O)cc1. The molecule has 1 aliphatic heterocycles. The standard InChI is InChI=1S/C21H27N3O6S/c1-28-17-7-5-16(6-8-17)14-23-11-4-12-24(31(23,26)27)15-21(25)22-19-13-18(29-2)9-10-20(19)30-3/h5-10,13H,4,11-12,14-15H2,1-3H3,(H,22,25). The van der Waals surface area contributed by atoms with Crippen LogP contribution in [0.25, 0.3) is 0 Å². The zero-order chi connectivity index (χ0) is 22.4. The number of rotatable bonds is 8. The van der Waals surface area contributed by atoms with Gasteiger partial charge in [-0.15, -0.1) is 0 Å². The molecule has 0 atom stereocenters. The van der Waals surface area contributed by atoms with Gasteiger partial charge in [-0.3, -0.25) is 4.79 Å². The van der Waals surface area contributed by atoms with Gasteiger partial charge in [-0.05, 0) is 36.2 Å². The number of hydrogen-bond donors (Lipinski definition) is 1. The van der Waals surface area contributed by atoms with Crippen LogP contribution in [0.3, 0.4) is 0 Å². The molecule has 2 aromatic carbocycles. The van der Waals surface area contributed by atoms with Gasteiger partial charge in [0.1, 0.15) is 17.2 Å². The maximum absolute atomic E-state index is 13.1. The fourth-order valence-corrected chi connectivity index (χ4v) is 4.97. The molecule has 0 unspecified atom stereocenters. The molecule has 1 fully saturated rings. The first-order valence-corrected chi connectivity index (χ1v) is 11.2. The maximum atomic E-state index is 13.1. The Hall–Kier alpha value is -2.82. The molecule has 0 bridgehead atoms. The number of hydrogen-bond acceptors (Lipinski definition) is 6. The minimum atomic E-state index is -3.78. The van der Waals surface area contributed by atoms with Crippen molar-refractivity contribution in [3.63, 3.8) is 0 Å². The van der Waals surface area contributed by atoms with Crippen molar-refractivity contribution in [2.24, 2.45) is 0 Å². The van der Waals surface area contributed by atoms with Gasteiger partial charge in [0.2, 0.25) is 5.91 Å². The summed E-state index contributed by atoms with van der Waals surface area (Å²) < 4.78 is 44.3. The lowest BCUT2D eigenvalue weighted by Crippen LogP contribution is -2.51. The fourth-order valence-electron chi connectivity index (χ4n) is 3.33. The quantitative estimate of drug-likeness (QED) is 0.663. The monoisotopic (exact) mass is 449 g/mol. The van der Waals surface area contributed by atoms with Crippen molar-refractivity contribution in [3.8, 4) is 17.2 Å². The largest absolute Gasteiger partial charge is 0.497 e. The number of nitrogens with one attached hydrogen (secondary N) is 1. The van der Waals surface area contributed by atoms with Gasteiger partial charge >= 0.3 is 0 Å². The van der Waals surface area contributed by atoms with E-state index in [9.17, 15) is 13.2 Å². The van der Waals surface area contributed by atoms with Crippen molar-refractivity contribution in [2.45, 2.75) is 13.0 Å². The van der Waals surface area contributed by atoms with E-state index in [1.807, 2.05) is 12.1 Å². The summed E-state index contributed by atoms with van der Waals surface area (Å²) in [4.78, 5) is 12.6. The van der Waals surface area contributed by atoms with Gasteiger partial charge in [0.05, 0.1) is 33.6 Å². The highest BCUT2D eigenvalue weighted by Gasteiger charge is 2.34. The zero-order valence-corrected chi connectivity index (χ0v) is 18.6. The van der Waals surface area contributed by atoms with Crippen molar-refractivity contribution >= 4 is 21.8 Å². The molecule has 1 saturated heterocycles. The molecular weight excluding hydrogens is 422 g/mol. The molecule has 0 spiro atoms. The summed E-state index contributed by atoms with van der Waals surface area (Å²) in [6, 6.07) is 12.2. The van der Waals surface area contributed by atoms with Gasteiger partial charge in [-0.2, -0.15) is 17.0 Å². The molecule has 0 saturated carbocycles. The number of nitrogens with zero attached hydrogens (tertiary/aromatic N) is 2. The smallest absolute Gasteiger partial charge is 0.282 e. The van der Waals surface area contributed by atoms with Crippen LogP contribution in [0.2, 0.25) is 0 Å². The minimum absolute atomic E-state index is 0.230. The van der Waals surface area contributed by atoms with E-state index in [4.69, 9.17) is 14.2 Å². The highest BCUT2D eigenvalue weighted by atomic mass is 32.2. The Bertz CT molecular complexity index is 1010. The highest BCUT2D eigenvalue weighted by molar-refractivity contribution is 7.86. The highest BCUT2D eigenvalue weighted by Crippen LogP contribution is 2.29. The summed E-state index contributed by atoms with van der Waals surface area (Å²) >= 11 is 0. The number of anilines is 1. The van der Waals surface area contributed by atoms with Crippen LogP contribution < -0.4 is 19.5 Å². The fraction of sp³-hybridized carbons (Fsp3) is 0.381. The molecule has 2 aromatic rings. The average molecular weight is 450 g/mol. The first-order chi connectivity index (χ1) is 14.9. The number of methoxy groups -OCH3 is 3. The summed E-state index contributed by atoms with van der Waals surface area (Å²) in [6.07, 6.45) is 0.630. The average Bonchev–Trinajstić information content (AvgIpc) is 2.77.